The Balaban J connectivity index is 1.48. The molecule has 2 saturated heterocycles. The van der Waals surface area contributed by atoms with Gasteiger partial charge in [-0.05, 0) is 23.3 Å². The summed E-state index contributed by atoms with van der Waals surface area (Å²) in [6.07, 6.45) is 1.10. The molecule has 4 rings (SSSR count). The second kappa shape index (κ2) is 8.73. The molecule has 0 aromatic heterocycles. The fraction of sp³-hybridized carbons (Fsp3) is 0.360. The molecule has 30 heavy (non-hydrogen) atoms. The first-order valence-corrected chi connectivity index (χ1v) is 10.4. The summed E-state index contributed by atoms with van der Waals surface area (Å²) in [7, 11) is 0. The molecule has 3 atom stereocenters. The Bertz CT molecular complexity index is 975. The van der Waals surface area contributed by atoms with Gasteiger partial charge in [0.1, 0.15) is 0 Å². The Morgan fingerprint density at radius 3 is 2.53 bits per heavy atom. The number of hydrogen-bond acceptors (Lipinski definition) is 3. The number of carbonyl (C=O) groups is 2. The summed E-state index contributed by atoms with van der Waals surface area (Å²) >= 11 is 0. The third-order valence-electron chi connectivity index (χ3n) is 6.07. The van der Waals surface area contributed by atoms with Gasteiger partial charge in [0.15, 0.2) is 0 Å². The first-order valence-electron chi connectivity index (χ1n) is 10.4. The van der Waals surface area contributed by atoms with Gasteiger partial charge in [0, 0.05) is 30.9 Å². The van der Waals surface area contributed by atoms with Gasteiger partial charge >= 0.3 is 0 Å². The van der Waals surface area contributed by atoms with Gasteiger partial charge in [0.05, 0.1) is 25.2 Å². The van der Waals surface area contributed by atoms with E-state index in [1.54, 1.807) is 9.80 Å². The minimum absolute atomic E-state index is 0.00163. The summed E-state index contributed by atoms with van der Waals surface area (Å²) in [4.78, 5) is 28.1. The van der Waals surface area contributed by atoms with E-state index in [1.807, 2.05) is 49.4 Å². The van der Waals surface area contributed by atoms with Crippen molar-refractivity contribution in [3.8, 4) is 11.8 Å². The Hall–Kier alpha value is -3.10. The summed E-state index contributed by atoms with van der Waals surface area (Å²) in [6.45, 7) is 2.37. The average molecular weight is 402 g/mol. The minimum atomic E-state index is -0.226. The van der Waals surface area contributed by atoms with Crippen LogP contribution in [-0.2, 0) is 16.0 Å². The van der Waals surface area contributed by atoms with Gasteiger partial charge in [-0.1, -0.05) is 61.2 Å². The highest BCUT2D eigenvalue weighted by atomic mass is 16.3. The molecule has 0 radical (unpaired) electrons. The fourth-order valence-corrected chi connectivity index (χ4v) is 4.55. The van der Waals surface area contributed by atoms with E-state index < -0.39 is 0 Å². The van der Waals surface area contributed by atoms with Crippen molar-refractivity contribution >= 4 is 11.8 Å². The predicted molar refractivity (Wildman–Crippen MR) is 115 cm³/mol. The van der Waals surface area contributed by atoms with Crippen molar-refractivity contribution in [2.45, 2.75) is 37.8 Å². The Morgan fingerprint density at radius 1 is 1.13 bits per heavy atom. The van der Waals surface area contributed by atoms with Crippen LogP contribution in [0.5, 0.6) is 0 Å². The van der Waals surface area contributed by atoms with Gasteiger partial charge < -0.3 is 14.9 Å². The van der Waals surface area contributed by atoms with Gasteiger partial charge in [0.25, 0.3) is 0 Å². The van der Waals surface area contributed by atoms with E-state index >= 15 is 0 Å². The Kier molecular flexibility index (Phi) is 5.87. The topological polar surface area (TPSA) is 60.9 Å². The summed E-state index contributed by atoms with van der Waals surface area (Å²) < 4.78 is 0. The van der Waals surface area contributed by atoms with E-state index in [2.05, 4.69) is 24.0 Å². The monoisotopic (exact) mass is 402 g/mol. The molecule has 0 bridgehead atoms. The zero-order valence-electron chi connectivity index (χ0n) is 17.1. The molecule has 5 heteroatoms. The highest BCUT2D eigenvalue weighted by Gasteiger charge is 2.54. The number of nitrogens with zero attached hydrogens (tertiary/aromatic N) is 2. The van der Waals surface area contributed by atoms with Crippen LogP contribution in [-0.4, -0.2) is 58.5 Å². The van der Waals surface area contributed by atoms with E-state index in [0.29, 0.717) is 19.4 Å². The van der Waals surface area contributed by atoms with E-state index in [-0.39, 0.29) is 43.0 Å². The zero-order valence-corrected chi connectivity index (χ0v) is 17.1. The van der Waals surface area contributed by atoms with Crippen LogP contribution < -0.4 is 0 Å². The highest BCUT2D eigenvalue weighted by Crippen LogP contribution is 2.42. The van der Waals surface area contributed by atoms with Crippen molar-refractivity contribution in [3.63, 3.8) is 0 Å². The first kappa shape index (κ1) is 20.2. The molecule has 5 nitrogen and oxygen atoms in total. The molecule has 0 unspecified atom stereocenters. The lowest BCUT2D eigenvalue weighted by molar-refractivity contribution is -0.166. The first-order chi connectivity index (χ1) is 14.6. The summed E-state index contributed by atoms with van der Waals surface area (Å²) in [5.41, 5.74) is 3.20. The lowest BCUT2D eigenvalue weighted by Crippen LogP contribution is -2.73. The number of carbonyl (C=O) groups excluding carboxylic acids is 2. The average Bonchev–Trinajstić information content (AvgIpc) is 2.76. The van der Waals surface area contributed by atoms with E-state index in [9.17, 15) is 14.7 Å². The number of hydrogen-bond donors (Lipinski definition) is 1. The lowest BCUT2D eigenvalue weighted by atomic mass is 9.73. The van der Waals surface area contributed by atoms with Crippen molar-refractivity contribution in [1.82, 2.24) is 9.80 Å². The molecule has 0 saturated carbocycles. The molecule has 154 valence electrons. The van der Waals surface area contributed by atoms with Crippen LogP contribution in [0.1, 0.15) is 36.0 Å². The molecule has 2 fully saturated rings. The summed E-state index contributed by atoms with van der Waals surface area (Å²) in [6, 6.07) is 17.9. The van der Waals surface area contributed by atoms with Crippen LogP contribution in [0.15, 0.2) is 54.6 Å². The SMILES string of the molecule is CCC(=O)N1CC(=O)N2[C@H](CO)[C@H](c3ccc(C#CCc4ccccc4)cc3)[C@@H]2C1. The van der Waals surface area contributed by atoms with E-state index in [1.165, 1.54) is 5.56 Å². The van der Waals surface area contributed by atoms with Crippen LogP contribution in [0, 0.1) is 11.8 Å². The maximum Gasteiger partial charge on any atom is 0.242 e. The van der Waals surface area contributed by atoms with Crippen LogP contribution in [0.2, 0.25) is 0 Å². The molecule has 2 aromatic rings. The van der Waals surface area contributed by atoms with Gasteiger partial charge in [0.2, 0.25) is 11.8 Å². The van der Waals surface area contributed by atoms with Crippen molar-refractivity contribution in [2.75, 3.05) is 19.7 Å². The van der Waals surface area contributed by atoms with Crippen LogP contribution in [0.3, 0.4) is 0 Å². The van der Waals surface area contributed by atoms with Crippen molar-refractivity contribution in [2.24, 2.45) is 0 Å². The third kappa shape index (κ3) is 3.83. The molecular formula is C25H26N2O3. The maximum absolute atomic E-state index is 12.5. The van der Waals surface area contributed by atoms with E-state index in [0.717, 1.165) is 11.1 Å². The normalized spacial score (nSPS) is 22.6. The second-order valence-electron chi connectivity index (χ2n) is 7.86. The fourth-order valence-electron chi connectivity index (χ4n) is 4.55. The smallest absolute Gasteiger partial charge is 0.242 e. The Labute approximate surface area is 177 Å². The number of amides is 2. The number of rotatable bonds is 4. The van der Waals surface area contributed by atoms with Crippen molar-refractivity contribution < 1.29 is 14.7 Å². The highest BCUT2D eigenvalue weighted by molar-refractivity contribution is 5.87. The molecule has 1 N–H and O–H groups in total. The third-order valence-corrected chi connectivity index (χ3v) is 6.07. The summed E-state index contributed by atoms with van der Waals surface area (Å²) in [5, 5.41) is 9.88. The van der Waals surface area contributed by atoms with Crippen LogP contribution in [0.4, 0.5) is 0 Å². The molecule has 0 spiro atoms. The zero-order chi connectivity index (χ0) is 21.1. The molecule has 2 aromatic carbocycles. The number of piperazine rings is 1. The predicted octanol–water partition coefficient (Wildman–Crippen LogP) is 2.19. The number of aliphatic hydroxyl groups excluding tert-OH is 1. The van der Waals surface area contributed by atoms with Crippen molar-refractivity contribution in [3.05, 3.63) is 71.3 Å². The molecule has 0 aliphatic carbocycles. The van der Waals surface area contributed by atoms with Crippen molar-refractivity contribution in [1.29, 1.82) is 0 Å². The Morgan fingerprint density at radius 2 is 1.87 bits per heavy atom. The number of aliphatic hydroxyl groups is 1. The van der Waals surface area contributed by atoms with E-state index in [4.69, 9.17) is 0 Å². The van der Waals surface area contributed by atoms with Crippen LogP contribution in [0.25, 0.3) is 0 Å². The molecule has 2 aliphatic heterocycles. The molecular weight excluding hydrogens is 376 g/mol. The van der Waals surface area contributed by atoms with Gasteiger partial charge in [-0.2, -0.15) is 0 Å². The number of benzene rings is 2. The van der Waals surface area contributed by atoms with Crippen LogP contribution >= 0.6 is 0 Å². The standard InChI is InChI=1S/C25H26N2O3/c1-2-23(29)26-15-21-25(22(17-28)27(21)24(30)16-26)20-13-11-19(12-14-20)10-6-9-18-7-4-3-5-8-18/h3-5,7-8,11-14,21-22,25,28H,2,9,15-17H2,1H3/t21-,22+,25+/m0/s1. The minimum Gasteiger partial charge on any atom is -0.394 e. The molecule has 2 heterocycles. The maximum atomic E-state index is 12.5. The summed E-state index contributed by atoms with van der Waals surface area (Å²) in [5.74, 6) is 6.35. The molecule has 2 aliphatic rings. The largest absolute Gasteiger partial charge is 0.394 e. The quantitative estimate of drug-likeness (QED) is 0.798. The second-order valence-corrected chi connectivity index (χ2v) is 7.86. The lowest BCUT2D eigenvalue weighted by Gasteiger charge is -2.58. The van der Waals surface area contributed by atoms with Gasteiger partial charge in [-0.25, -0.2) is 0 Å². The van der Waals surface area contributed by atoms with Gasteiger partial charge in [-0.3, -0.25) is 9.59 Å². The number of fused-ring (bicyclic) bond motifs is 1. The van der Waals surface area contributed by atoms with Gasteiger partial charge in [-0.15, -0.1) is 0 Å². The molecule has 2 amide bonds.